The third kappa shape index (κ3) is 2.90. The molecule has 5 nitrogen and oxygen atoms in total. The van der Waals surface area contributed by atoms with Gasteiger partial charge < -0.3 is 5.73 Å². The Bertz CT molecular complexity index is 675. The minimum Gasteiger partial charge on any atom is -0.398 e. The van der Waals surface area contributed by atoms with Gasteiger partial charge in [0.15, 0.2) is 9.84 Å². The summed E-state index contributed by atoms with van der Waals surface area (Å²) in [6.07, 6.45) is 3.23. The first-order chi connectivity index (χ1) is 8.94. The summed E-state index contributed by atoms with van der Waals surface area (Å²) in [5.74, 6) is -0.166. The number of nitrogens with two attached hydrogens (primary N) is 1. The predicted octanol–water partition coefficient (Wildman–Crippen LogP) is 2.11. The fourth-order valence-corrected chi connectivity index (χ4v) is 3.86. The molecule has 2 N–H and O–H groups in total. The first-order valence-corrected chi connectivity index (χ1v) is 7.75. The largest absolute Gasteiger partial charge is 0.398 e. The molecule has 0 spiro atoms. The van der Waals surface area contributed by atoms with Crippen LogP contribution < -0.4 is 5.73 Å². The number of nitrogen functional groups attached to an aromatic ring is 1. The molecule has 0 saturated carbocycles. The lowest BCUT2D eigenvalue weighted by Crippen LogP contribution is -2.08. The minimum absolute atomic E-state index is 0.0130. The Kier molecular flexibility index (Phi) is 3.82. The summed E-state index contributed by atoms with van der Waals surface area (Å²) < 4.78 is 26.3. The van der Waals surface area contributed by atoms with Gasteiger partial charge in [0.05, 0.1) is 22.7 Å². The molecule has 19 heavy (non-hydrogen) atoms. The Balaban J connectivity index is 2.38. The van der Waals surface area contributed by atoms with Crippen LogP contribution >= 0.6 is 11.6 Å². The molecule has 0 aliphatic heterocycles. The third-order valence-electron chi connectivity index (χ3n) is 2.68. The van der Waals surface area contributed by atoms with Crippen molar-refractivity contribution in [3.63, 3.8) is 0 Å². The molecule has 0 amide bonds. The van der Waals surface area contributed by atoms with Crippen molar-refractivity contribution >= 4 is 27.1 Å². The molecule has 0 atom stereocenters. The van der Waals surface area contributed by atoms with Gasteiger partial charge in [-0.3, -0.25) is 4.68 Å². The topological polar surface area (TPSA) is 78.0 Å². The van der Waals surface area contributed by atoms with E-state index in [9.17, 15) is 8.42 Å². The number of hydrogen-bond donors (Lipinski definition) is 1. The van der Waals surface area contributed by atoms with Crippen LogP contribution in [-0.4, -0.2) is 18.2 Å². The maximum absolute atomic E-state index is 12.3. The van der Waals surface area contributed by atoms with Crippen LogP contribution in [0, 0.1) is 0 Å². The number of hydrogen-bond acceptors (Lipinski definition) is 4. The van der Waals surface area contributed by atoms with E-state index < -0.39 is 9.84 Å². The van der Waals surface area contributed by atoms with Gasteiger partial charge in [0.2, 0.25) is 0 Å². The first-order valence-electron chi connectivity index (χ1n) is 5.72. The lowest BCUT2D eigenvalue weighted by atomic mass is 10.3. The maximum atomic E-state index is 12.3. The fraction of sp³-hybridized carbons (Fsp3) is 0.250. The number of rotatable bonds is 4. The molecule has 1 aromatic carbocycles. The van der Waals surface area contributed by atoms with E-state index in [0.29, 0.717) is 12.1 Å². The summed E-state index contributed by atoms with van der Waals surface area (Å²) >= 11 is 5.93. The zero-order valence-electron chi connectivity index (χ0n) is 10.4. The van der Waals surface area contributed by atoms with Crippen molar-refractivity contribution in [2.75, 3.05) is 5.73 Å². The van der Waals surface area contributed by atoms with Gasteiger partial charge in [-0.05, 0) is 19.1 Å². The Labute approximate surface area is 116 Å². The SMILES string of the molecule is CCn1cc(CS(=O)(=O)c2c(N)cccc2Cl)cn1. The van der Waals surface area contributed by atoms with E-state index in [1.807, 2.05) is 6.92 Å². The molecule has 0 aliphatic rings. The van der Waals surface area contributed by atoms with Gasteiger partial charge in [-0.1, -0.05) is 17.7 Å². The molecule has 0 unspecified atom stereocenters. The second-order valence-electron chi connectivity index (χ2n) is 4.12. The lowest BCUT2D eigenvalue weighted by Gasteiger charge is -2.08. The number of halogens is 1. The number of aromatic nitrogens is 2. The molecule has 102 valence electrons. The van der Waals surface area contributed by atoms with Crippen molar-refractivity contribution in [1.82, 2.24) is 9.78 Å². The van der Waals surface area contributed by atoms with Crippen LogP contribution in [0.4, 0.5) is 5.69 Å². The fourth-order valence-electron chi connectivity index (χ4n) is 1.80. The van der Waals surface area contributed by atoms with Crippen LogP contribution in [0.5, 0.6) is 0 Å². The van der Waals surface area contributed by atoms with Gasteiger partial charge >= 0.3 is 0 Å². The summed E-state index contributed by atoms with van der Waals surface area (Å²) in [7, 11) is -3.58. The first kappa shape index (κ1) is 13.9. The van der Waals surface area contributed by atoms with E-state index in [-0.39, 0.29) is 21.4 Å². The Morgan fingerprint density at radius 1 is 1.42 bits per heavy atom. The molecule has 0 radical (unpaired) electrons. The lowest BCUT2D eigenvalue weighted by molar-refractivity contribution is 0.595. The van der Waals surface area contributed by atoms with Gasteiger partial charge in [-0.15, -0.1) is 0 Å². The monoisotopic (exact) mass is 299 g/mol. The minimum atomic E-state index is -3.58. The summed E-state index contributed by atoms with van der Waals surface area (Å²) in [6, 6.07) is 4.65. The maximum Gasteiger partial charge on any atom is 0.186 e. The Morgan fingerprint density at radius 2 is 2.16 bits per heavy atom. The van der Waals surface area contributed by atoms with Gasteiger partial charge in [0.1, 0.15) is 4.90 Å². The highest BCUT2D eigenvalue weighted by Crippen LogP contribution is 2.29. The molecule has 2 rings (SSSR count). The van der Waals surface area contributed by atoms with E-state index in [1.165, 1.54) is 18.3 Å². The molecular formula is C12H14ClN3O2S. The van der Waals surface area contributed by atoms with Gasteiger partial charge in [-0.2, -0.15) is 5.10 Å². The number of anilines is 1. The highest BCUT2D eigenvalue weighted by Gasteiger charge is 2.22. The molecule has 1 heterocycles. The zero-order valence-corrected chi connectivity index (χ0v) is 11.9. The summed E-state index contributed by atoms with van der Waals surface area (Å²) in [6.45, 7) is 2.62. The van der Waals surface area contributed by atoms with Gasteiger partial charge in [-0.25, -0.2) is 8.42 Å². The third-order valence-corrected chi connectivity index (χ3v) is 4.89. The van der Waals surface area contributed by atoms with E-state index >= 15 is 0 Å². The zero-order chi connectivity index (χ0) is 14.0. The summed E-state index contributed by atoms with van der Waals surface area (Å²) in [4.78, 5) is -0.0130. The van der Waals surface area contributed by atoms with Crippen molar-refractivity contribution in [2.24, 2.45) is 0 Å². The predicted molar refractivity (Wildman–Crippen MR) is 74.7 cm³/mol. The molecule has 0 fully saturated rings. The summed E-state index contributed by atoms with van der Waals surface area (Å²) in [5, 5.41) is 4.19. The van der Waals surface area contributed by atoms with Crippen molar-refractivity contribution in [2.45, 2.75) is 24.1 Å². The number of nitrogens with zero attached hydrogens (tertiary/aromatic N) is 2. The molecular weight excluding hydrogens is 286 g/mol. The average molecular weight is 300 g/mol. The Hall–Kier alpha value is -1.53. The normalized spacial score (nSPS) is 11.7. The van der Waals surface area contributed by atoms with Crippen molar-refractivity contribution in [3.05, 3.63) is 41.2 Å². The van der Waals surface area contributed by atoms with Crippen molar-refractivity contribution in [3.8, 4) is 0 Å². The number of sulfone groups is 1. The van der Waals surface area contributed by atoms with Crippen LogP contribution in [0.1, 0.15) is 12.5 Å². The van der Waals surface area contributed by atoms with Crippen LogP contribution in [0.15, 0.2) is 35.5 Å². The van der Waals surface area contributed by atoms with Crippen LogP contribution in [0.2, 0.25) is 5.02 Å². The van der Waals surface area contributed by atoms with E-state index in [0.717, 1.165) is 0 Å². The number of benzene rings is 1. The Morgan fingerprint density at radius 3 is 2.74 bits per heavy atom. The van der Waals surface area contributed by atoms with Gasteiger partial charge in [0, 0.05) is 18.3 Å². The van der Waals surface area contributed by atoms with Crippen LogP contribution in [0.3, 0.4) is 0 Å². The smallest absolute Gasteiger partial charge is 0.186 e. The summed E-state index contributed by atoms with van der Waals surface area (Å²) in [5.41, 5.74) is 6.48. The van der Waals surface area contributed by atoms with E-state index in [1.54, 1.807) is 16.9 Å². The standard InChI is InChI=1S/C12H14ClN3O2S/c1-2-16-7-9(6-15-16)8-19(17,18)12-10(13)4-3-5-11(12)14/h3-7H,2,8,14H2,1H3. The molecule has 0 saturated heterocycles. The second kappa shape index (κ2) is 5.22. The van der Waals surface area contributed by atoms with Crippen molar-refractivity contribution in [1.29, 1.82) is 0 Å². The van der Waals surface area contributed by atoms with Gasteiger partial charge in [0.25, 0.3) is 0 Å². The highest BCUT2D eigenvalue weighted by molar-refractivity contribution is 7.91. The number of aryl methyl sites for hydroxylation is 1. The average Bonchev–Trinajstić information content (AvgIpc) is 2.75. The molecule has 0 bridgehead atoms. The van der Waals surface area contributed by atoms with E-state index in [2.05, 4.69) is 5.10 Å². The quantitative estimate of drug-likeness (QED) is 0.877. The second-order valence-corrected chi connectivity index (χ2v) is 6.46. The van der Waals surface area contributed by atoms with Crippen molar-refractivity contribution < 1.29 is 8.42 Å². The van der Waals surface area contributed by atoms with Crippen LogP contribution in [0.25, 0.3) is 0 Å². The van der Waals surface area contributed by atoms with E-state index in [4.69, 9.17) is 17.3 Å². The molecule has 2 aromatic rings. The van der Waals surface area contributed by atoms with Crippen LogP contribution in [-0.2, 0) is 22.1 Å². The molecule has 1 aromatic heterocycles. The highest BCUT2D eigenvalue weighted by atomic mass is 35.5. The molecule has 7 heteroatoms. The molecule has 0 aliphatic carbocycles.